The van der Waals surface area contributed by atoms with E-state index >= 15 is 0 Å². The average Bonchev–Trinajstić information content (AvgIpc) is 3.88. The van der Waals surface area contributed by atoms with E-state index < -0.39 is 0 Å². The van der Waals surface area contributed by atoms with Gasteiger partial charge < -0.3 is 32.5 Å². The third-order valence-corrected chi connectivity index (χ3v) is 9.72. The Labute approximate surface area is 287 Å². The molecule has 4 unspecified atom stereocenters. The number of hydrogen-bond donors (Lipinski definition) is 5. The highest BCUT2D eigenvalue weighted by molar-refractivity contribution is 5.85. The normalized spacial score (nSPS) is 15.2. The number of fused-ring (bicyclic) bond motifs is 8. The van der Waals surface area contributed by atoms with Gasteiger partial charge in [0.1, 0.15) is 0 Å². The molecule has 0 radical (unpaired) electrons. The minimum Gasteiger partial charge on any atom is -0.355 e. The molecule has 2 aliphatic rings. The van der Waals surface area contributed by atoms with Crippen molar-refractivity contribution in [1.29, 1.82) is 0 Å². The van der Waals surface area contributed by atoms with Crippen molar-refractivity contribution in [3.63, 3.8) is 0 Å². The first kappa shape index (κ1) is 35.7. The van der Waals surface area contributed by atoms with Crippen LogP contribution in [-0.4, -0.2) is 19.5 Å². The highest BCUT2D eigenvalue weighted by atomic mass is 15.1. The second kappa shape index (κ2) is 16.7. The summed E-state index contributed by atoms with van der Waals surface area (Å²) in [5.41, 5.74) is 39.8. The van der Waals surface area contributed by atoms with Gasteiger partial charge in [-0.15, -0.1) is 0 Å². The summed E-state index contributed by atoms with van der Waals surface area (Å²) in [4.78, 5) is 13.8. The molecule has 8 nitrogen and oxygen atoms in total. The van der Waals surface area contributed by atoms with E-state index in [0.29, 0.717) is 0 Å². The first-order valence-electron chi connectivity index (χ1n) is 18.5. The smallest absolute Gasteiger partial charge is 0.0820 e. The van der Waals surface area contributed by atoms with Crippen LogP contribution in [0, 0.1) is 0 Å². The predicted molar refractivity (Wildman–Crippen MR) is 205 cm³/mol. The van der Waals surface area contributed by atoms with Gasteiger partial charge in [-0.25, -0.2) is 9.97 Å². The number of unbranched alkanes of at least 4 members (excludes halogenated alkanes) is 4. The van der Waals surface area contributed by atoms with E-state index in [1.165, 1.54) is 0 Å². The Balaban J connectivity index is 2.05. The van der Waals surface area contributed by atoms with Gasteiger partial charge in [-0.05, 0) is 91.4 Å². The zero-order valence-corrected chi connectivity index (χ0v) is 29.6. The molecule has 0 saturated heterocycles. The minimum absolute atomic E-state index is 0.220. The number of nitrogens with one attached hydrogen (secondary N) is 1. The van der Waals surface area contributed by atoms with Gasteiger partial charge in [0.15, 0.2) is 0 Å². The van der Waals surface area contributed by atoms with Gasteiger partial charge in [0, 0.05) is 40.2 Å². The second-order valence-corrected chi connectivity index (χ2v) is 13.7. The van der Waals surface area contributed by atoms with Crippen molar-refractivity contribution in [3.05, 3.63) is 69.8 Å². The number of rotatable bonds is 16. The number of aromatic nitrogens is 4. The van der Waals surface area contributed by atoms with Crippen LogP contribution in [0.25, 0.3) is 46.4 Å². The van der Waals surface area contributed by atoms with E-state index in [2.05, 4.69) is 91.9 Å². The van der Waals surface area contributed by atoms with Crippen LogP contribution in [0.2, 0.25) is 0 Å². The van der Waals surface area contributed by atoms with Crippen LogP contribution in [0.4, 0.5) is 0 Å². The van der Waals surface area contributed by atoms with Crippen molar-refractivity contribution in [2.45, 2.75) is 129 Å². The second-order valence-electron chi connectivity index (χ2n) is 13.7. The molecule has 9 N–H and O–H groups in total. The van der Waals surface area contributed by atoms with Crippen molar-refractivity contribution in [2.24, 2.45) is 22.9 Å². The SMILES string of the molecule is CCCCC(N)c1c(C(N)CCCC)c2c(C(N)CCCC)c3nc(cc4ccc(cc5nc(cc1n2C(N)CCCC)C=C5)[nH]4)C=C3. The molecule has 2 aliphatic heterocycles. The van der Waals surface area contributed by atoms with Crippen LogP contribution < -0.4 is 22.9 Å². The zero-order valence-electron chi connectivity index (χ0n) is 29.6. The van der Waals surface area contributed by atoms with Gasteiger partial charge in [-0.1, -0.05) is 79.1 Å². The molecule has 48 heavy (non-hydrogen) atoms. The van der Waals surface area contributed by atoms with Crippen LogP contribution in [0.5, 0.6) is 0 Å². The summed E-state index contributed by atoms with van der Waals surface area (Å²) in [6.45, 7) is 8.85. The van der Waals surface area contributed by atoms with E-state index in [-0.39, 0.29) is 24.3 Å². The van der Waals surface area contributed by atoms with Gasteiger partial charge >= 0.3 is 0 Å². The fourth-order valence-electron chi connectivity index (χ4n) is 7.13. The Bertz CT molecular complexity index is 1760. The Hall–Kier alpha value is -3.56. The van der Waals surface area contributed by atoms with Crippen LogP contribution >= 0.6 is 0 Å². The maximum absolute atomic E-state index is 7.32. The van der Waals surface area contributed by atoms with Crippen LogP contribution in [-0.2, 0) is 0 Å². The van der Waals surface area contributed by atoms with Crippen molar-refractivity contribution < 1.29 is 0 Å². The monoisotopic (exact) mass is 650 g/mol. The van der Waals surface area contributed by atoms with Gasteiger partial charge in [0.25, 0.3) is 0 Å². The molecule has 258 valence electrons. The molecule has 0 spiro atoms. The third-order valence-electron chi connectivity index (χ3n) is 9.72. The first-order chi connectivity index (χ1) is 23.3. The number of aromatic amines is 1. The molecule has 8 heteroatoms. The van der Waals surface area contributed by atoms with Gasteiger partial charge in [-0.3, -0.25) is 0 Å². The molecule has 4 atom stereocenters. The molecule has 0 aromatic carbocycles. The van der Waals surface area contributed by atoms with Crippen LogP contribution in [0.1, 0.15) is 169 Å². The van der Waals surface area contributed by atoms with E-state index in [1.54, 1.807) is 0 Å². The predicted octanol–water partition coefficient (Wildman–Crippen LogP) is 9.35. The molecule has 5 rings (SSSR count). The zero-order chi connectivity index (χ0) is 34.2. The summed E-state index contributed by atoms with van der Waals surface area (Å²) in [7, 11) is 0. The Kier molecular flexibility index (Phi) is 12.4. The Morgan fingerprint density at radius 2 is 1.06 bits per heavy atom. The summed E-state index contributed by atoms with van der Waals surface area (Å²) >= 11 is 0. The summed E-state index contributed by atoms with van der Waals surface area (Å²) in [5.74, 6) is 0. The average molecular weight is 651 g/mol. The van der Waals surface area contributed by atoms with E-state index in [1.807, 2.05) is 0 Å². The molecular weight excluding hydrogens is 592 g/mol. The first-order valence-corrected chi connectivity index (χ1v) is 18.5. The van der Waals surface area contributed by atoms with Gasteiger partial charge in [0.05, 0.1) is 34.5 Å². The molecule has 0 amide bonds. The van der Waals surface area contributed by atoms with Crippen molar-refractivity contribution >= 4 is 46.4 Å². The molecule has 0 fully saturated rings. The lowest BCUT2D eigenvalue weighted by Crippen LogP contribution is -2.22. The standard InChI is InChI=1S/C40H58N8/c1-5-9-13-31(41)37-34-22-21-29(47-34)24-28-18-17-26(45-28)23-27-19-20-30(46-27)25-35-38(32(42)14-10-6-2)39(33(43)15-11-7-3)40(37)48(35)36(44)16-12-8-4/h17-25,31-33,36,45H,5-16,41-44H2,1-4H3. The van der Waals surface area contributed by atoms with Crippen molar-refractivity contribution in [1.82, 2.24) is 19.5 Å². The number of H-pyrrole nitrogens is 1. The van der Waals surface area contributed by atoms with E-state index in [4.69, 9.17) is 32.9 Å². The fraction of sp³-hybridized carbons (Fsp3) is 0.500. The summed E-state index contributed by atoms with van der Waals surface area (Å²) < 4.78 is 2.33. The van der Waals surface area contributed by atoms with E-state index in [0.717, 1.165) is 139 Å². The maximum Gasteiger partial charge on any atom is 0.0820 e. The van der Waals surface area contributed by atoms with E-state index in [9.17, 15) is 0 Å². The molecule has 0 aliphatic carbocycles. The van der Waals surface area contributed by atoms with Gasteiger partial charge in [-0.2, -0.15) is 0 Å². The Morgan fingerprint density at radius 3 is 1.65 bits per heavy atom. The lowest BCUT2D eigenvalue weighted by molar-refractivity contribution is 0.482. The highest BCUT2D eigenvalue weighted by Gasteiger charge is 2.31. The third kappa shape index (κ3) is 8.00. The maximum atomic E-state index is 7.32. The molecular formula is C40H58N8. The number of nitrogens with two attached hydrogens (primary N) is 4. The van der Waals surface area contributed by atoms with Crippen molar-refractivity contribution in [3.8, 4) is 0 Å². The molecule has 0 saturated carbocycles. The highest BCUT2D eigenvalue weighted by Crippen LogP contribution is 2.42. The summed E-state index contributed by atoms with van der Waals surface area (Å²) in [6, 6.07) is 9.76. The molecule has 3 aromatic rings. The minimum atomic E-state index is -0.306. The van der Waals surface area contributed by atoms with Crippen LogP contribution in [0.3, 0.4) is 0 Å². The lowest BCUT2D eigenvalue weighted by Gasteiger charge is -2.23. The van der Waals surface area contributed by atoms with Gasteiger partial charge in [0.2, 0.25) is 0 Å². The molecule has 8 bridgehead atoms. The van der Waals surface area contributed by atoms with Crippen molar-refractivity contribution in [2.75, 3.05) is 0 Å². The summed E-state index contributed by atoms with van der Waals surface area (Å²) in [6.07, 6.45) is 19.6. The topological polar surface area (TPSA) is 151 Å². The number of hydrogen-bond acceptors (Lipinski definition) is 6. The molecule has 3 aromatic heterocycles. The lowest BCUT2D eigenvalue weighted by atomic mass is 9.89. The fourth-order valence-corrected chi connectivity index (χ4v) is 7.13. The Morgan fingerprint density at radius 1 is 0.583 bits per heavy atom. The summed E-state index contributed by atoms with van der Waals surface area (Å²) in [5, 5.41) is 0. The largest absolute Gasteiger partial charge is 0.355 e. The van der Waals surface area contributed by atoms with Crippen LogP contribution in [0.15, 0.2) is 30.3 Å². The number of nitrogens with zero attached hydrogens (tertiary/aromatic N) is 3. The molecule has 5 heterocycles. The quantitative estimate of drug-likeness (QED) is 0.0718.